The van der Waals surface area contributed by atoms with Crippen LogP contribution >= 0.6 is 45.9 Å². The summed E-state index contributed by atoms with van der Waals surface area (Å²) in [6.45, 7) is 0. The fraction of sp³-hybridized carbons (Fsp3) is 0.0625. The second kappa shape index (κ2) is 11.7. The number of hydrogen-bond acceptors (Lipinski definition) is 6. The van der Waals surface area contributed by atoms with Crippen molar-refractivity contribution in [3.63, 3.8) is 0 Å². The van der Waals surface area contributed by atoms with Gasteiger partial charge in [-0.1, -0.05) is 47.5 Å². The molecule has 0 aliphatic carbocycles. The van der Waals surface area contributed by atoms with Gasteiger partial charge in [-0.25, -0.2) is 0 Å². The summed E-state index contributed by atoms with van der Waals surface area (Å²) in [4.78, 5) is 26.8. The van der Waals surface area contributed by atoms with E-state index >= 15 is 0 Å². The Morgan fingerprint density at radius 2 is 0.976 bits per heavy atom. The number of carbonyl (C=O) groups is 2. The van der Waals surface area contributed by atoms with Gasteiger partial charge in [0, 0.05) is 31.5 Å². The first-order valence-electron chi connectivity index (χ1n) is 12.7. The molecule has 10 heteroatoms. The first kappa shape index (κ1) is 28.1. The first-order valence-corrected chi connectivity index (χ1v) is 15.1. The molecule has 210 valence electrons. The smallest absolute Gasteiger partial charge is 0.267 e. The van der Waals surface area contributed by atoms with Crippen LogP contribution in [-0.4, -0.2) is 26.0 Å². The molecule has 0 unspecified atom stereocenters. The van der Waals surface area contributed by atoms with Gasteiger partial charge >= 0.3 is 0 Å². The Morgan fingerprint density at radius 1 is 0.595 bits per heavy atom. The van der Waals surface area contributed by atoms with E-state index in [-0.39, 0.29) is 11.8 Å². The van der Waals surface area contributed by atoms with Crippen LogP contribution in [0, 0.1) is 0 Å². The van der Waals surface area contributed by atoms with Crippen LogP contribution in [-0.2, 0) is 0 Å². The minimum atomic E-state index is -0.272. The van der Waals surface area contributed by atoms with Gasteiger partial charge in [0.1, 0.15) is 21.3 Å². The van der Waals surface area contributed by atoms with E-state index in [9.17, 15) is 9.59 Å². The number of hydrogen-bond donors (Lipinski definition) is 2. The maximum atomic E-state index is 13.0. The van der Waals surface area contributed by atoms with Crippen molar-refractivity contribution in [2.45, 2.75) is 0 Å². The standard InChI is InChI=1S/C32H22Cl2N2O4S2/c1-39-21-11-13-23-25(15-21)41-29(27(23)33)31(37)35-19-7-3-17(4-8-19)18-5-9-20(10-6-18)36-32(38)30-28(34)24-14-12-22(40-2)16-26(24)42-30/h3-16H,1-2H3,(H,35,37)(H,36,38). The predicted octanol–water partition coefficient (Wildman–Crippen LogP) is 9.61. The molecule has 2 N–H and O–H groups in total. The Hall–Kier alpha value is -4.08. The fourth-order valence-corrected chi connectivity index (χ4v) is 7.39. The molecule has 4 aromatic carbocycles. The molecule has 0 spiro atoms. The summed E-state index contributed by atoms with van der Waals surface area (Å²) in [5.41, 5.74) is 3.21. The molecule has 0 bridgehead atoms. The van der Waals surface area contributed by atoms with Gasteiger partial charge in [-0.05, 0) is 71.8 Å². The third-order valence-electron chi connectivity index (χ3n) is 6.70. The summed E-state index contributed by atoms with van der Waals surface area (Å²) in [6.07, 6.45) is 0. The molecule has 6 rings (SSSR count). The number of benzene rings is 4. The van der Waals surface area contributed by atoms with Gasteiger partial charge in [-0.15, -0.1) is 22.7 Å². The van der Waals surface area contributed by atoms with Crippen LogP contribution in [0.3, 0.4) is 0 Å². The normalized spacial score (nSPS) is 11.0. The van der Waals surface area contributed by atoms with Gasteiger partial charge in [-0.3, -0.25) is 9.59 Å². The number of halogens is 2. The number of carbonyl (C=O) groups excluding carboxylic acids is 2. The van der Waals surface area contributed by atoms with Gasteiger partial charge < -0.3 is 20.1 Å². The Balaban J connectivity index is 1.12. The summed E-state index contributed by atoms with van der Waals surface area (Å²) in [5, 5.41) is 8.33. The van der Waals surface area contributed by atoms with E-state index in [1.54, 1.807) is 14.2 Å². The van der Waals surface area contributed by atoms with Crippen molar-refractivity contribution in [3.05, 3.63) is 105 Å². The minimum absolute atomic E-state index is 0.272. The second-order valence-corrected chi connectivity index (χ2v) is 12.1. The first-order chi connectivity index (χ1) is 20.3. The third kappa shape index (κ3) is 5.42. The Bertz CT molecular complexity index is 1820. The molecule has 0 saturated carbocycles. The zero-order chi connectivity index (χ0) is 29.4. The SMILES string of the molecule is COc1ccc2c(Cl)c(C(=O)Nc3ccc(-c4ccc(NC(=O)c5sc6cc(OC)ccc6c5Cl)cc4)cc3)sc2c1. The zero-order valence-corrected chi connectivity index (χ0v) is 25.4. The van der Waals surface area contributed by atoms with E-state index in [2.05, 4.69) is 10.6 Å². The summed E-state index contributed by atoms with van der Waals surface area (Å²) in [5.74, 6) is 0.873. The molecule has 6 nitrogen and oxygen atoms in total. The second-order valence-electron chi connectivity index (χ2n) is 9.28. The summed E-state index contributed by atoms with van der Waals surface area (Å²) in [7, 11) is 3.20. The number of methoxy groups -OCH3 is 2. The molecule has 0 radical (unpaired) electrons. The van der Waals surface area contributed by atoms with Crippen LogP contribution in [0.4, 0.5) is 11.4 Å². The largest absolute Gasteiger partial charge is 0.497 e. The molecule has 2 heterocycles. The zero-order valence-electron chi connectivity index (χ0n) is 22.3. The molecule has 2 amide bonds. The molecule has 0 aliphatic heterocycles. The van der Waals surface area contributed by atoms with Crippen molar-refractivity contribution in [2.24, 2.45) is 0 Å². The van der Waals surface area contributed by atoms with E-state index in [1.165, 1.54) is 22.7 Å². The van der Waals surface area contributed by atoms with Crippen molar-refractivity contribution in [2.75, 3.05) is 24.9 Å². The van der Waals surface area contributed by atoms with Crippen LogP contribution < -0.4 is 20.1 Å². The molecule has 0 atom stereocenters. The highest BCUT2D eigenvalue weighted by Crippen LogP contribution is 2.39. The molecular formula is C32H22Cl2N2O4S2. The fourth-order valence-electron chi connectivity index (χ4n) is 4.50. The summed E-state index contributed by atoms with van der Waals surface area (Å²) >= 11 is 15.7. The number of amides is 2. The lowest BCUT2D eigenvalue weighted by molar-refractivity contribution is 0.102. The van der Waals surface area contributed by atoms with Crippen LogP contribution in [0.5, 0.6) is 11.5 Å². The van der Waals surface area contributed by atoms with Crippen LogP contribution in [0.15, 0.2) is 84.9 Å². The number of thiophene rings is 2. The van der Waals surface area contributed by atoms with Gasteiger partial charge in [0.2, 0.25) is 0 Å². The average molecular weight is 634 g/mol. The van der Waals surface area contributed by atoms with Crippen molar-refractivity contribution >= 4 is 89.2 Å². The van der Waals surface area contributed by atoms with E-state index in [1.807, 2.05) is 84.9 Å². The molecule has 2 aromatic heterocycles. The molecule has 0 fully saturated rings. The van der Waals surface area contributed by atoms with Crippen molar-refractivity contribution in [1.29, 1.82) is 0 Å². The van der Waals surface area contributed by atoms with E-state index in [4.69, 9.17) is 32.7 Å². The quantitative estimate of drug-likeness (QED) is 0.184. The molecule has 0 aliphatic rings. The van der Waals surface area contributed by atoms with Gasteiger partial charge in [0.15, 0.2) is 0 Å². The number of rotatable bonds is 7. The Labute approximate surface area is 259 Å². The highest BCUT2D eigenvalue weighted by molar-refractivity contribution is 7.22. The predicted molar refractivity (Wildman–Crippen MR) is 175 cm³/mol. The monoisotopic (exact) mass is 632 g/mol. The Morgan fingerprint density at radius 3 is 1.33 bits per heavy atom. The lowest BCUT2D eigenvalue weighted by Crippen LogP contribution is -2.10. The molecular weight excluding hydrogens is 611 g/mol. The lowest BCUT2D eigenvalue weighted by Gasteiger charge is -2.08. The van der Waals surface area contributed by atoms with Crippen LogP contribution in [0.25, 0.3) is 31.3 Å². The van der Waals surface area contributed by atoms with Crippen LogP contribution in [0.2, 0.25) is 10.0 Å². The minimum Gasteiger partial charge on any atom is -0.497 e. The van der Waals surface area contributed by atoms with Gasteiger partial charge in [0.05, 0.1) is 24.3 Å². The maximum absolute atomic E-state index is 13.0. The third-order valence-corrected chi connectivity index (χ3v) is 10.0. The van der Waals surface area contributed by atoms with Crippen molar-refractivity contribution in [3.8, 4) is 22.6 Å². The van der Waals surface area contributed by atoms with E-state index in [0.717, 1.165) is 31.3 Å². The molecule has 6 aromatic rings. The van der Waals surface area contributed by atoms with Gasteiger partial charge in [0.25, 0.3) is 11.8 Å². The summed E-state index contributed by atoms with van der Waals surface area (Å²) < 4.78 is 12.3. The Kier molecular flexibility index (Phi) is 7.79. The van der Waals surface area contributed by atoms with E-state index < -0.39 is 0 Å². The van der Waals surface area contributed by atoms with Gasteiger partial charge in [-0.2, -0.15) is 0 Å². The van der Waals surface area contributed by atoms with Crippen molar-refractivity contribution < 1.29 is 19.1 Å². The topological polar surface area (TPSA) is 76.7 Å². The molecule has 42 heavy (non-hydrogen) atoms. The number of nitrogens with one attached hydrogen (secondary N) is 2. The number of fused-ring (bicyclic) bond motifs is 2. The average Bonchev–Trinajstić information content (AvgIpc) is 3.53. The number of ether oxygens (including phenoxy) is 2. The van der Waals surface area contributed by atoms with Crippen LogP contribution in [0.1, 0.15) is 19.3 Å². The van der Waals surface area contributed by atoms with E-state index in [0.29, 0.717) is 42.7 Å². The summed E-state index contributed by atoms with van der Waals surface area (Å²) in [6, 6.07) is 26.1. The maximum Gasteiger partial charge on any atom is 0.267 e. The number of anilines is 2. The molecule has 0 saturated heterocycles. The highest BCUT2D eigenvalue weighted by atomic mass is 35.5. The highest BCUT2D eigenvalue weighted by Gasteiger charge is 2.19. The lowest BCUT2D eigenvalue weighted by atomic mass is 10.0. The van der Waals surface area contributed by atoms with Crippen molar-refractivity contribution in [1.82, 2.24) is 0 Å².